The minimum atomic E-state index is -0.703. The van der Waals surface area contributed by atoms with Crippen molar-refractivity contribution in [3.63, 3.8) is 0 Å². The van der Waals surface area contributed by atoms with Gasteiger partial charge in [-0.05, 0) is 5.92 Å². The molecule has 0 bridgehead atoms. The van der Waals surface area contributed by atoms with E-state index in [9.17, 15) is 13.6 Å². The van der Waals surface area contributed by atoms with Crippen LogP contribution in [0.25, 0.3) is 0 Å². The third kappa shape index (κ3) is 2.44. The van der Waals surface area contributed by atoms with Gasteiger partial charge in [-0.2, -0.15) is 0 Å². The van der Waals surface area contributed by atoms with Gasteiger partial charge in [0.05, 0.1) is 0 Å². The van der Waals surface area contributed by atoms with E-state index >= 15 is 0 Å². The van der Waals surface area contributed by atoms with Gasteiger partial charge in [-0.1, -0.05) is 13.8 Å². The molecule has 18 heavy (non-hydrogen) atoms. The Bertz CT molecular complexity index is 474. The molecule has 1 unspecified atom stereocenters. The molecule has 1 aromatic carbocycles. The zero-order chi connectivity index (χ0) is 13.3. The quantitative estimate of drug-likeness (QED) is 0.900. The van der Waals surface area contributed by atoms with Crippen LogP contribution in [0.1, 0.15) is 31.7 Å². The number of carbonyl (C=O) groups is 1. The van der Waals surface area contributed by atoms with E-state index in [1.54, 1.807) is 13.8 Å². The second-order valence-corrected chi connectivity index (χ2v) is 4.64. The summed E-state index contributed by atoms with van der Waals surface area (Å²) >= 11 is 0. The predicted molar refractivity (Wildman–Crippen MR) is 62.5 cm³/mol. The number of rotatable bonds is 3. The molecule has 1 aliphatic heterocycles. The molecular weight excluding hydrogens is 240 g/mol. The monoisotopic (exact) mass is 255 g/mol. The molecule has 1 amide bonds. The molecular formula is C13H15F2NO2. The lowest BCUT2D eigenvalue weighted by atomic mass is 10.0. The van der Waals surface area contributed by atoms with Gasteiger partial charge in [0, 0.05) is 30.7 Å². The molecule has 98 valence electrons. The molecule has 0 aromatic heterocycles. The van der Waals surface area contributed by atoms with Crippen LogP contribution in [-0.4, -0.2) is 18.6 Å². The van der Waals surface area contributed by atoms with Crippen molar-refractivity contribution in [1.29, 1.82) is 0 Å². The molecule has 2 rings (SSSR count). The molecule has 3 nitrogen and oxygen atoms in total. The van der Waals surface area contributed by atoms with Crippen LogP contribution in [0.5, 0.6) is 5.75 Å². The van der Waals surface area contributed by atoms with E-state index in [1.807, 2.05) is 0 Å². The van der Waals surface area contributed by atoms with Crippen molar-refractivity contribution in [1.82, 2.24) is 5.32 Å². The number of carbonyl (C=O) groups excluding carboxylic acids is 1. The number of benzene rings is 1. The van der Waals surface area contributed by atoms with E-state index in [-0.39, 0.29) is 17.6 Å². The number of nitrogens with one attached hydrogen (secondary N) is 1. The maximum absolute atomic E-state index is 13.7. The number of hydrogen-bond donors (Lipinski definition) is 1. The van der Waals surface area contributed by atoms with Crippen molar-refractivity contribution < 1.29 is 18.3 Å². The van der Waals surface area contributed by atoms with Crippen LogP contribution in [0.4, 0.5) is 8.78 Å². The third-order valence-corrected chi connectivity index (χ3v) is 2.90. The van der Waals surface area contributed by atoms with Gasteiger partial charge < -0.3 is 10.1 Å². The highest BCUT2D eigenvalue weighted by Gasteiger charge is 2.28. The first kappa shape index (κ1) is 12.8. The van der Waals surface area contributed by atoms with E-state index in [2.05, 4.69) is 5.32 Å². The van der Waals surface area contributed by atoms with Crippen molar-refractivity contribution in [2.75, 3.05) is 6.54 Å². The lowest BCUT2D eigenvalue weighted by Gasteiger charge is -2.17. The summed E-state index contributed by atoms with van der Waals surface area (Å²) in [5.74, 6) is -1.62. The number of ether oxygens (including phenoxy) is 1. The Kier molecular flexibility index (Phi) is 3.50. The predicted octanol–water partition coefficient (Wildman–Crippen LogP) is 2.36. The first-order valence-corrected chi connectivity index (χ1v) is 5.92. The molecule has 0 radical (unpaired) electrons. The molecule has 1 fully saturated rings. The topological polar surface area (TPSA) is 38.3 Å². The van der Waals surface area contributed by atoms with Gasteiger partial charge >= 0.3 is 0 Å². The highest BCUT2D eigenvalue weighted by atomic mass is 19.1. The van der Waals surface area contributed by atoms with E-state index in [0.29, 0.717) is 18.5 Å². The van der Waals surface area contributed by atoms with Gasteiger partial charge in [0.1, 0.15) is 17.4 Å². The fraction of sp³-hybridized carbons (Fsp3) is 0.462. The third-order valence-electron chi connectivity index (χ3n) is 2.90. The van der Waals surface area contributed by atoms with Crippen LogP contribution in [0.2, 0.25) is 0 Å². The van der Waals surface area contributed by atoms with Crippen LogP contribution in [0.3, 0.4) is 0 Å². The first-order valence-electron chi connectivity index (χ1n) is 5.92. The van der Waals surface area contributed by atoms with Gasteiger partial charge in [-0.15, -0.1) is 0 Å². The van der Waals surface area contributed by atoms with Crippen LogP contribution >= 0.6 is 0 Å². The lowest BCUT2D eigenvalue weighted by Crippen LogP contribution is -2.28. The van der Waals surface area contributed by atoms with Gasteiger partial charge in [0.2, 0.25) is 0 Å². The normalized spacial score (nSPS) is 19.2. The summed E-state index contributed by atoms with van der Waals surface area (Å²) in [6, 6.07) is 1.96. The van der Waals surface area contributed by atoms with Crippen molar-refractivity contribution in [3.8, 4) is 5.75 Å². The summed E-state index contributed by atoms with van der Waals surface area (Å²) in [5, 5.41) is 2.62. The second kappa shape index (κ2) is 4.92. The largest absolute Gasteiger partial charge is 0.480 e. The van der Waals surface area contributed by atoms with Crippen LogP contribution < -0.4 is 10.1 Å². The van der Waals surface area contributed by atoms with Crippen molar-refractivity contribution in [3.05, 3.63) is 29.3 Å². The first-order chi connectivity index (χ1) is 8.49. The standard InChI is InChI=1S/C13H15F2NO2/c1-7(2)12-9(15)5-8(14)6-11(12)18-10-3-4-16-13(10)17/h5-7,10H,3-4H2,1-2H3,(H,16,17). The highest BCUT2D eigenvalue weighted by Crippen LogP contribution is 2.31. The summed E-state index contributed by atoms with van der Waals surface area (Å²) < 4.78 is 32.4. The van der Waals surface area contributed by atoms with E-state index in [4.69, 9.17) is 4.74 Å². The summed E-state index contributed by atoms with van der Waals surface area (Å²) in [6.07, 6.45) is -0.155. The summed E-state index contributed by atoms with van der Waals surface area (Å²) in [7, 11) is 0. The molecule has 5 heteroatoms. The minimum Gasteiger partial charge on any atom is -0.480 e. The Balaban J connectivity index is 2.33. The highest BCUT2D eigenvalue weighted by molar-refractivity contribution is 5.83. The van der Waals surface area contributed by atoms with Gasteiger partial charge in [0.25, 0.3) is 5.91 Å². The van der Waals surface area contributed by atoms with Crippen LogP contribution in [0.15, 0.2) is 12.1 Å². The summed E-state index contributed by atoms with van der Waals surface area (Å²) in [4.78, 5) is 11.4. The Morgan fingerprint density at radius 3 is 2.67 bits per heavy atom. The Morgan fingerprint density at radius 1 is 1.39 bits per heavy atom. The molecule has 1 heterocycles. The molecule has 1 aliphatic rings. The fourth-order valence-electron chi connectivity index (χ4n) is 2.06. The Hall–Kier alpha value is -1.65. The van der Waals surface area contributed by atoms with Gasteiger partial charge in [-0.25, -0.2) is 8.78 Å². The second-order valence-electron chi connectivity index (χ2n) is 4.64. The van der Waals surface area contributed by atoms with Crippen molar-refractivity contribution in [2.45, 2.75) is 32.3 Å². The molecule has 1 aromatic rings. The van der Waals surface area contributed by atoms with Crippen molar-refractivity contribution in [2.24, 2.45) is 0 Å². The van der Waals surface area contributed by atoms with Gasteiger partial charge in [0.15, 0.2) is 6.10 Å². The fourth-order valence-corrected chi connectivity index (χ4v) is 2.06. The maximum atomic E-state index is 13.7. The SMILES string of the molecule is CC(C)c1c(F)cc(F)cc1OC1CCNC1=O. The molecule has 1 saturated heterocycles. The number of halogens is 2. The molecule has 1 atom stereocenters. The lowest BCUT2D eigenvalue weighted by molar-refractivity contribution is -0.124. The zero-order valence-corrected chi connectivity index (χ0v) is 10.3. The summed E-state index contributed by atoms with van der Waals surface area (Å²) in [5.41, 5.74) is 0.302. The van der Waals surface area contributed by atoms with Crippen LogP contribution in [-0.2, 0) is 4.79 Å². The number of hydrogen-bond acceptors (Lipinski definition) is 2. The molecule has 0 saturated carbocycles. The van der Waals surface area contributed by atoms with E-state index < -0.39 is 17.7 Å². The van der Waals surface area contributed by atoms with E-state index in [1.165, 1.54) is 0 Å². The average molecular weight is 255 g/mol. The summed E-state index contributed by atoms with van der Waals surface area (Å²) in [6.45, 7) is 4.11. The minimum absolute atomic E-state index is 0.115. The smallest absolute Gasteiger partial charge is 0.261 e. The van der Waals surface area contributed by atoms with Crippen LogP contribution in [0, 0.1) is 11.6 Å². The van der Waals surface area contributed by atoms with E-state index in [0.717, 1.165) is 12.1 Å². The molecule has 0 spiro atoms. The number of amides is 1. The molecule has 0 aliphatic carbocycles. The molecule has 1 N–H and O–H groups in total. The van der Waals surface area contributed by atoms with Crippen molar-refractivity contribution >= 4 is 5.91 Å². The van der Waals surface area contributed by atoms with Gasteiger partial charge in [-0.3, -0.25) is 4.79 Å². The maximum Gasteiger partial charge on any atom is 0.261 e. The Morgan fingerprint density at radius 2 is 2.11 bits per heavy atom. The zero-order valence-electron chi connectivity index (χ0n) is 10.3. The average Bonchev–Trinajstić information content (AvgIpc) is 2.62. The Labute approximate surface area is 104 Å².